The van der Waals surface area contributed by atoms with Gasteiger partial charge in [0.05, 0.1) is 11.6 Å². The van der Waals surface area contributed by atoms with E-state index in [1.54, 1.807) is 18.5 Å². The van der Waals surface area contributed by atoms with Crippen LogP contribution in [0.5, 0.6) is 0 Å². The lowest BCUT2D eigenvalue weighted by molar-refractivity contribution is 1.30. The molecule has 2 aromatic rings. The predicted molar refractivity (Wildman–Crippen MR) is 56.0 cm³/mol. The molecule has 4 heteroatoms. The minimum absolute atomic E-state index is 0. The number of rotatable bonds is 1. The highest BCUT2D eigenvalue weighted by Crippen LogP contribution is 2.18. The number of H-pyrrole nitrogens is 1. The first-order valence-electron chi connectivity index (χ1n) is 3.90. The van der Waals surface area contributed by atoms with E-state index in [2.05, 4.69) is 16.0 Å². The monoisotopic (exact) mass is 205 g/mol. The molecule has 1 aromatic heterocycles. The van der Waals surface area contributed by atoms with Crippen LogP contribution in [-0.2, 0) is 0 Å². The first-order valence-corrected chi connectivity index (χ1v) is 3.90. The van der Waals surface area contributed by atoms with Crippen molar-refractivity contribution in [3.8, 4) is 17.5 Å². The third kappa shape index (κ3) is 1.76. The summed E-state index contributed by atoms with van der Waals surface area (Å²) in [5, 5.41) is 8.83. The summed E-state index contributed by atoms with van der Waals surface area (Å²) in [5.41, 5.74) is 1.48. The Balaban J connectivity index is 0.000000980. The molecule has 0 radical (unpaired) electrons. The first-order chi connectivity index (χ1) is 6.42. The van der Waals surface area contributed by atoms with Crippen LogP contribution in [0.15, 0.2) is 36.7 Å². The third-order valence-corrected chi connectivity index (χ3v) is 1.80. The average molecular weight is 206 g/mol. The fourth-order valence-electron chi connectivity index (χ4n) is 1.20. The maximum atomic E-state index is 8.83. The quantitative estimate of drug-likeness (QED) is 0.777. The number of nitriles is 1. The first kappa shape index (κ1) is 10.3. The van der Waals surface area contributed by atoms with Crippen LogP contribution in [0.25, 0.3) is 11.4 Å². The van der Waals surface area contributed by atoms with Gasteiger partial charge in [0, 0.05) is 18.0 Å². The lowest BCUT2D eigenvalue weighted by atomic mass is 10.1. The number of aromatic nitrogens is 2. The zero-order chi connectivity index (χ0) is 9.10. The average Bonchev–Trinajstić information content (AvgIpc) is 2.70. The Morgan fingerprint density at radius 1 is 1.29 bits per heavy atom. The molecule has 2 rings (SSSR count). The summed E-state index contributed by atoms with van der Waals surface area (Å²) in [5.74, 6) is 0.733. The van der Waals surface area contributed by atoms with Crippen LogP contribution in [0, 0.1) is 11.3 Å². The second-order valence-corrected chi connectivity index (χ2v) is 2.60. The second-order valence-electron chi connectivity index (χ2n) is 2.60. The molecule has 14 heavy (non-hydrogen) atoms. The third-order valence-electron chi connectivity index (χ3n) is 1.80. The molecule has 0 amide bonds. The van der Waals surface area contributed by atoms with Gasteiger partial charge in [-0.3, -0.25) is 0 Å². The highest BCUT2D eigenvalue weighted by atomic mass is 35.5. The van der Waals surface area contributed by atoms with Crippen molar-refractivity contribution in [3.63, 3.8) is 0 Å². The van der Waals surface area contributed by atoms with Crippen LogP contribution in [0.3, 0.4) is 0 Å². The van der Waals surface area contributed by atoms with E-state index in [1.807, 2.05) is 18.2 Å². The SMILES string of the molecule is Cl.N#Cc1ccccc1-c1ncc[nH]1. The number of nitrogens with one attached hydrogen (secondary N) is 1. The number of imidazole rings is 1. The van der Waals surface area contributed by atoms with Crippen molar-refractivity contribution in [1.82, 2.24) is 9.97 Å². The fraction of sp³-hybridized carbons (Fsp3) is 0. The smallest absolute Gasteiger partial charge is 0.138 e. The number of aromatic amines is 1. The molecule has 1 aromatic carbocycles. The molecule has 0 atom stereocenters. The van der Waals surface area contributed by atoms with Crippen molar-refractivity contribution in [1.29, 1.82) is 5.26 Å². The van der Waals surface area contributed by atoms with E-state index < -0.39 is 0 Å². The van der Waals surface area contributed by atoms with Crippen molar-refractivity contribution in [2.45, 2.75) is 0 Å². The Kier molecular flexibility index (Phi) is 3.27. The van der Waals surface area contributed by atoms with Crippen molar-refractivity contribution in [2.75, 3.05) is 0 Å². The zero-order valence-electron chi connectivity index (χ0n) is 7.27. The Labute approximate surface area is 87.8 Å². The van der Waals surface area contributed by atoms with Crippen LogP contribution in [0.1, 0.15) is 5.56 Å². The summed E-state index contributed by atoms with van der Waals surface area (Å²) in [4.78, 5) is 7.05. The standard InChI is InChI=1S/C10H7N3.ClH/c11-7-8-3-1-2-4-9(8)10-12-5-6-13-10;/h1-6H,(H,12,13);1H. The maximum Gasteiger partial charge on any atom is 0.138 e. The van der Waals surface area contributed by atoms with Crippen LogP contribution < -0.4 is 0 Å². The molecule has 0 aliphatic rings. The van der Waals surface area contributed by atoms with Gasteiger partial charge in [-0.05, 0) is 12.1 Å². The van der Waals surface area contributed by atoms with Gasteiger partial charge < -0.3 is 4.98 Å². The molecular formula is C10H8ClN3. The van der Waals surface area contributed by atoms with Gasteiger partial charge in [0.15, 0.2) is 0 Å². The molecule has 0 aliphatic heterocycles. The van der Waals surface area contributed by atoms with E-state index in [4.69, 9.17) is 5.26 Å². The van der Waals surface area contributed by atoms with Crippen molar-refractivity contribution < 1.29 is 0 Å². The lowest BCUT2D eigenvalue weighted by Gasteiger charge is -1.97. The molecule has 3 nitrogen and oxygen atoms in total. The van der Waals surface area contributed by atoms with Gasteiger partial charge in [-0.25, -0.2) is 4.98 Å². The Bertz CT molecular complexity index is 443. The van der Waals surface area contributed by atoms with E-state index in [0.717, 1.165) is 11.4 Å². The molecule has 0 aliphatic carbocycles. The Morgan fingerprint density at radius 2 is 2.07 bits per heavy atom. The van der Waals surface area contributed by atoms with E-state index in [0.29, 0.717) is 5.56 Å². The molecule has 0 fully saturated rings. The van der Waals surface area contributed by atoms with Crippen molar-refractivity contribution in [3.05, 3.63) is 42.2 Å². The van der Waals surface area contributed by atoms with E-state index in [9.17, 15) is 0 Å². The van der Waals surface area contributed by atoms with Gasteiger partial charge in [0.25, 0.3) is 0 Å². The number of halogens is 1. The largest absolute Gasteiger partial charge is 0.345 e. The molecule has 70 valence electrons. The minimum atomic E-state index is 0. The zero-order valence-corrected chi connectivity index (χ0v) is 8.08. The van der Waals surface area contributed by atoms with E-state index in [1.165, 1.54) is 0 Å². The van der Waals surface area contributed by atoms with Crippen LogP contribution in [-0.4, -0.2) is 9.97 Å². The lowest BCUT2D eigenvalue weighted by Crippen LogP contribution is -1.84. The minimum Gasteiger partial charge on any atom is -0.345 e. The summed E-state index contributed by atoms with van der Waals surface area (Å²) < 4.78 is 0. The summed E-state index contributed by atoms with van der Waals surface area (Å²) >= 11 is 0. The molecule has 1 N–H and O–H groups in total. The fourth-order valence-corrected chi connectivity index (χ4v) is 1.20. The van der Waals surface area contributed by atoms with Crippen LogP contribution in [0.4, 0.5) is 0 Å². The Morgan fingerprint density at radius 3 is 2.71 bits per heavy atom. The van der Waals surface area contributed by atoms with E-state index >= 15 is 0 Å². The molecule has 0 spiro atoms. The Hall–Kier alpha value is -1.79. The topological polar surface area (TPSA) is 52.5 Å². The van der Waals surface area contributed by atoms with Gasteiger partial charge >= 0.3 is 0 Å². The molecule has 0 bridgehead atoms. The number of nitrogens with zero attached hydrogens (tertiary/aromatic N) is 2. The van der Waals surface area contributed by atoms with Crippen LogP contribution >= 0.6 is 12.4 Å². The maximum absolute atomic E-state index is 8.83. The molecular weight excluding hydrogens is 198 g/mol. The van der Waals surface area contributed by atoms with Gasteiger partial charge in [-0.2, -0.15) is 5.26 Å². The normalized spacial score (nSPS) is 8.79. The number of hydrogen-bond donors (Lipinski definition) is 1. The summed E-state index contributed by atoms with van der Waals surface area (Å²) in [6.07, 6.45) is 3.41. The van der Waals surface area contributed by atoms with Gasteiger partial charge in [0.2, 0.25) is 0 Å². The molecule has 0 saturated carbocycles. The van der Waals surface area contributed by atoms with E-state index in [-0.39, 0.29) is 12.4 Å². The summed E-state index contributed by atoms with van der Waals surface area (Å²) in [7, 11) is 0. The molecule has 0 saturated heterocycles. The molecule has 0 unspecified atom stereocenters. The van der Waals surface area contributed by atoms with Gasteiger partial charge in [-0.1, -0.05) is 12.1 Å². The van der Waals surface area contributed by atoms with Crippen molar-refractivity contribution in [2.24, 2.45) is 0 Å². The highest BCUT2D eigenvalue weighted by molar-refractivity contribution is 5.85. The number of benzene rings is 1. The molecule has 1 heterocycles. The van der Waals surface area contributed by atoms with Crippen molar-refractivity contribution >= 4 is 12.4 Å². The highest BCUT2D eigenvalue weighted by Gasteiger charge is 2.04. The number of hydrogen-bond acceptors (Lipinski definition) is 2. The summed E-state index contributed by atoms with van der Waals surface area (Å²) in [6, 6.07) is 9.50. The second kappa shape index (κ2) is 4.45. The predicted octanol–water partition coefficient (Wildman–Crippen LogP) is 2.37. The van der Waals surface area contributed by atoms with Crippen LogP contribution in [0.2, 0.25) is 0 Å². The van der Waals surface area contributed by atoms with Gasteiger partial charge in [-0.15, -0.1) is 12.4 Å². The van der Waals surface area contributed by atoms with Gasteiger partial charge in [0.1, 0.15) is 5.82 Å². The summed E-state index contributed by atoms with van der Waals surface area (Å²) in [6.45, 7) is 0.